The van der Waals surface area contributed by atoms with Gasteiger partial charge in [-0.1, -0.05) is 0 Å². The molecule has 1 aromatic heterocycles. The lowest BCUT2D eigenvalue weighted by molar-refractivity contribution is -0.134. The number of hydrogen-bond acceptors (Lipinski definition) is 5. The molecule has 0 spiro atoms. The second kappa shape index (κ2) is 5.39. The summed E-state index contributed by atoms with van der Waals surface area (Å²) in [5.41, 5.74) is 1.77. The number of nitrogens with one attached hydrogen (secondary N) is 2. The van der Waals surface area contributed by atoms with Gasteiger partial charge in [0.15, 0.2) is 0 Å². The van der Waals surface area contributed by atoms with Crippen LogP contribution in [0.15, 0.2) is 0 Å². The van der Waals surface area contributed by atoms with Gasteiger partial charge in [0, 0.05) is 30.0 Å². The lowest BCUT2D eigenvalue weighted by Crippen LogP contribution is -2.52. The third kappa shape index (κ3) is 2.39. The fraction of sp³-hybridized carbons (Fsp3) is 0.533. The molecule has 0 radical (unpaired) electrons. The molecule has 1 aromatic rings. The topological polar surface area (TPSA) is 78.5 Å². The zero-order chi connectivity index (χ0) is 16.0. The second-order valence-electron chi connectivity index (χ2n) is 5.96. The number of imide groups is 1. The fourth-order valence-corrected chi connectivity index (χ4v) is 4.28. The van der Waals surface area contributed by atoms with Gasteiger partial charge in [-0.2, -0.15) is 0 Å². The van der Waals surface area contributed by atoms with E-state index in [1.54, 1.807) is 11.3 Å². The highest BCUT2D eigenvalue weighted by Crippen LogP contribution is 2.41. The Morgan fingerprint density at radius 2 is 2.14 bits per heavy atom. The predicted octanol–water partition coefficient (Wildman–Crippen LogP) is 0.972. The van der Waals surface area contributed by atoms with Crippen LogP contribution in [0.2, 0.25) is 0 Å². The molecule has 0 aromatic carbocycles. The van der Waals surface area contributed by atoms with Crippen LogP contribution in [-0.4, -0.2) is 36.9 Å². The summed E-state index contributed by atoms with van der Waals surface area (Å²) >= 11 is 1.62. The highest BCUT2D eigenvalue weighted by molar-refractivity contribution is 7.16. The highest BCUT2D eigenvalue weighted by atomic mass is 32.1. The number of anilines is 1. The molecule has 3 rings (SSSR count). The molecule has 3 amide bonds. The van der Waals surface area contributed by atoms with Crippen molar-refractivity contribution >= 4 is 34.1 Å². The van der Waals surface area contributed by atoms with Gasteiger partial charge >= 0.3 is 0 Å². The predicted molar refractivity (Wildman–Crippen MR) is 84.3 cm³/mol. The number of thiophene rings is 1. The summed E-state index contributed by atoms with van der Waals surface area (Å²) in [6.07, 6.45) is 1.46. The lowest BCUT2D eigenvalue weighted by Gasteiger charge is -2.22. The van der Waals surface area contributed by atoms with Crippen LogP contribution in [0.1, 0.15) is 40.6 Å². The zero-order valence-electron chi connectivity index (χ0n) is 12.9. The summed E-state index contributed by atoms with van der Waals surface area (Å²) in [6.45, 7) is 4.06. The monoisotopic (exact) mass is 321 g/mol. The number of aryl methyl sites for hydroxylation is 1. The van der Waals surface area contributed by atoms with Crippen molar-refractivity contribution in [3.63, 3.8) is 0 Å². The van der Waals surface area contributed by atoms with Crippen LogP contribution < -0.4 is 15.5 Å². The number of hydrogen-bond donors (Lipinski definition) is 2. The molecular weight excluding hydrogens is 302 g/mol. The van der Waals surface area contributed by atoms with E-state index in [1.165, 1.54) is 0 Å². The van der Waals surface area contributed by atoms with Crippen LogP contribution in [-0.2, 0) is 16.0 Å². The van der Waals surface area contributed by atoms with Crippen molar-refractivity contribution < 1.29 is 14.4 Å². The molecule has 0 aliphatic carbocycles. The number of fused-ring (bicyclic) bond motifs is 1. The van der Waals surface area contributed by atoms with E-state index < -0.39 is 11.9 Å². The van der Waals surface area contributed by atoms with Crippen molar-refractivity contribution in [2.45, 2.75) is 45.2 Å². The first-order valence-electron chi connectivity index (χ1n) is 7.38. The molecule has 3 heterocycles. The lowest BCUT2D eigenvalue weighted by atomic mass is 10.0. The number of rotatable bonds is 2. The Morgan fingerprint density at radius 3 is 2.82 bits per heavy atom. The largest absolute Gasteiger partial charge is 0.363 e. The third-order valence-electron chi connectivity index (χ3n) is 4.41. The Morgan fingerprint density at radius 1 is 1.41 bits per heavy atom. The maximum absolute atomic E-state index is 12.6. The number of nitrogens with zero attached hydrogens (tertiary/aromatic N) is 1. The Balaban J connectivity index is 1.81. The Bertz CT molecular complexity index is 667. The van der Waals surface area contributed by atoms with Gasteiger partial charge in [-0.3, -0.25) is 19.7 Å². The molecule has 2 N–H and O–H groups in total. The molecule has 6 nitrogen and oxygen atoms in total. The number of carbonyl (C=O) groups excluding carboxylic acids is 3. The summed E-state index contributed by atoms with van der Waals surface area (Å²) in [4.78, 5) is 38.7. The smallest absolute Gasteiger partial charge is 0.253 e. The van der Waals surface area contributed by atoms with E-state index in [2.05, 4.69) is 22.5 Å². The first kappa shape index (κ1) is 15.0. The van der Waals surface area contributed by atoms with Crippen LogP contribution in [0.4, 0.5) is 5.00 Å². The maximum Gasteiger partial charge on any atom is 0.253 e. The van der Waals surface area contributed by atoms with Gasteiger partial charge < -0.3 is 10.2 Å². The maximum atomic E-state index is 12.6. The molecule has 1 fully saturated rings. The minimum Gasteiger partial charge on any atom is -0.363 e. The van der Waals surface area contributed by atoms with Crippen LogP contribution in [0.3, 0.4) is 0 Å². The van der Waals surface area contributed by atoms with Crippen LogP contribution in [0, 0.1) is 6.92 Å². The SMILES string of the molecule is Cc1sc2c(c1C(=O)NC1CCC(=O)NC1=O)CC(C)N2C. The van der Waals surface area contributed by atoms with Gasteiger partial charge in [0.2, 0.25) is 11.8 Å². The molecular formula is C15H19N3O3S. The van der Waals surface area contributed by atoms with E-state index >= 15 is 0 Å². The van der Waals surface area contributed by atoms with E-state index in [-0.39, 0.29) is 18.2 Å². The van der Waals surface area contributed by atoms with Crippen molar-refractivity contribution in [2.75, 3.05) is 11.9 Å². The Labute approximate surface area is 132 Å². The number of amides is 3. The minimum atomic E-state index is -0.628. The molecule has 1 saturated heterocycles. The quantitative estimate of drug-likeness (QED) is 0.796. The van der Waals surface area contributed by atoms with Gasteiger partial charge in [0.05, 0.1) is 10.6 Å². The first-order chi connectivity index (χ1) is 10.4. The van der Waals surface area contributed by atoms with E-state index in [4.69, 9.17) is 0 Å². The van der Waals surface area contributed by atoms with Crippen molar-refractivity contribution in [3.8, 4) is 0 Å². The van der Waals surface area contributed by atoms with Crippen molar-refractivity contribution in [3.05, 3.63) is 16.0 Å². The average Bonchev–Trinajstić information content (AvgIpc) is 2.89. The second-order valence-corrected chi connectivity index (χ2v) is 7.16. The van der Waals surface area contributed by atoms with Crippen molar-refractivity contribution in [2.24, 2.45) is 0 Å². The average molecular weight is 321 g/mol. The number of carbonyl (C=O) groups is 3. The molecule has 118 valence electrons. The molecule has 2 aliphatic heterocycles. The minimum absolute atomic E-state index is 0.216. The van der Waals surface area contributed by atoms with E-state index in [0.717, 1.165) is 21.9 Å². The first-order valence-corrected chi connectivity index (χ1v) is 8.19. The fourth-order valence-electron chi connectivity index (χ4n) is 3.04. The molecule has 0 saturated carbocycles. The van der Waals surface area contributed by atoms with Gasteiger partial charge in [-0.25, -0.2) is 0 Å². The highest BCUT2D eigenvalue weighted by Gasteiger charge is 2.34. The summed E-state index contributed by atoms with van der Waals surface area (Å²) < 4.78 is 0. The van der Waals surface area contributed by atoms with Crippen LogP contribution in [0.25, 0.3) is 0 Å². The normalized spacial score (nSPS) is 24.2. The van der Waals surface area contributed by atoms with Crippen molar-refractivity contribution in [1.82, 2.24) is 10.6 Å². The third-order valence-corrected chi connectivity index (χ3v) is 5.65. The molecule has 2 aliphatic rings. The van der Waals surface area contributed by atoms with Gasteiger partial charge in [-0.15, -0.1) is 11.3 Å². The van der Waals surface area contributed by atoms with E-state index in [1.807, 2.05) is 14.0 Å². The molecule has 2 atom stereocenters. The standard InChI is InChI=1S/C15H19N3O3S/c1-7-6-9-12(8(2)22-15(9)18(7)3)14(21)16-10-4-5-11(19)17-13(10)20/h7,10H,4-6H2,1-3H3,(H,16,21)(H,17,19,20). The number of piperidine rings is 1. The van der Waals surface area contributed by atoms with Crippen LogP contribution in [0.5, 0.6) is 0 Å². The van der Waals surface area contributed by atoms with Crippen LogP contribution >= 0.6 is 11.3 Å². The van der Waals surface area contributed by atoms with Crippen molar-refractivity contribution in [1.29, 1.82) is 0 Å². The molecule has 22 heavy (non-hydrogen) atoms. The molecule has 7 heteroatoms. The summed E-state index contributed by atoms with van der Waals surface area (Å²) in [7, 11) is 2.04. The van der Waals surface area contributed by atoms with E-state index in [9.17, 15) is 14.4 Å². The van der Waals surface area contributed by atoms with Gasteiger partial charge in [0.25, 0.3) is 5.91 Å². The van der Waals surface area contributed by atoms with E-state index in [0.29, 0.717) is 18.0 Å². The summed E-state index contributed by atoms with van der Waals surface area (Å²) in [5, 5.41) is 6.18. The zero-order valence-corrected chi connectivity index (χ0v) is 13.7. The summed E-state index contributed by atoms with van der Waals surface area (Å²) in [5.74, 6) is -0.912. The molecule has 2 unspecified atom stereocenters. The van der Waals surface area contributed by atoms with Gasteiger partial charge in [0.1, 0.15) is 6.04 Å². The number of likely N-dealkylation sites (N-methyl/N-ethyl adjacent to an activating group) is 1. The van der Waals surface area contributed by atoms with Gasteiger partial charge in [-0.05, 0) is 26.7 Å². The summed E-state index contributed by atoms with van der Waals surface area (Å²) in [6, 6.07) is -0.249. The Kier molecular flexibility index (Phi) is 3.68. The Hall–Kier alpha value is -1.89. The molecule has 0 bridgehead atoms.